The van der Waals surface area contributed by atoms with Crippen LogP contribution in [-0.2, 0) is 0 Å². The fourth-order valence-corrected chi connectivity index (χ4v) is 0.565. The van der Waals surface area contributed by atoms with E-state index in [4.69, 9.17) is 5.11 Å². The molecule has 0 spiro atoms. The molecule has 1 N–H and O–H groups in total. The van der Waals surface area contributed by atoms with Gasteiger partial charge in [0, 0.05) is 12.3 Å². The normalized spacial score (nSPS) is 9.64. The summed E-state index contributed by atoms with van der Waals surface area (Å²) in [5, 5.41) is 8.25. The van der Waals surface area contributed by atoms with Gasteiger partial charge in [-0.05, 0) is 0 Å². The molecule has 1 heterocycles. The number of rotatable bonds is 1. The van der Waals surface area contributed by atoms with Crippen LogP contribution in [0, 0.1) is 11.8 Å². The van der Waals surface area contributed by atoms with Crippen LogP contribution in [0.25, 0.3) is 0 Å². The second-order valence-corrected chi connectivity index (χ2v) is 1.79. The first-order valence-corrected chi connectivity index (χ1v) is 2.65. The van der Waals surface area contributed by atoms with Crippen molar-refractivity contribution >= 4 is 5.97 Å². The molecule has 3 nitrogen and oxygen atoms in total. The van der Waals surface area contributed by atoms with E-state index in [1.54, 1.807) is 0 Å². The minimum Gasteiger partial charge on any atom is -0.478 e. The van der Waals surface area contributed by atoms with Crippen molar-refractivity contribution in [1.29, 1.82) is 0 Å². The van der Waals surface area contributed by atoms with Crippen LogP contribution in [0.15, 0.2) is 12.3 Å². The Morgan fingerprint density at radius 3 is 2.64 bits per heavy atom. The number of hydrogen-bond donors (Lipinski definition) is 1. The molecule has 0 aromatic carbocycles. The van der Waals surface area contributed by atoms with Crippen LogP contribution in [0.3, 0.4) is 0 Å². The lowest BCUT2D eigenvalue weighted by Crippen LogP contribution is -2.02. The molecule has 0 bridgehead atoms. The van der Waals surface area contributed by atoms with Gasteiger partial charge in [-0.1, -0.05) is 0 Å². The third-order valence-corrected chi connectivity index (χ3v) is 1.05. The van der Waals surface area contributed by atoms with Crippen molar-refractivity contribution in [2.24, 2.45) is 0 Å². The van der Waals surface area contributed by atoms with Crippen LogP contribution in [0.4, 0.5) is 8.78 Å². The average Bonchev–Trinajstić information content (AvgIpc) is 1.85. The van der Waals surface area contributed by atoms with Crippen molar-refractivity contribution < 1.29 is 18.7 Å². The van der Waals surface area contributed by atoms with Gasteiger partial charge in [0.15, 0.2) is 0 Å². The Hall–Kier alpha value is -1.52. The van der Waals surface area contributed by atoms with Gasteiger partial charge in [-0.15, -0.1) is 0 Å². The quantitative estimate of drug-likeness (QED) is 0.623. The lowest BCUT2D eigenvalue weighted by Gasteiger charge is -1.94. The van der Waals surface area contributed by atoms with E-state index in [2.05, 4.69) is 4.98 Å². The van der Waals surface area contributed by atoms with Crippen molar-refractivity contribution in [2.45, 2.75) is 0 Å². The summed E-state index contributed by atoms with van der Waals surface area (Å²) in [5.41, 5.74) is -0.633. The highest BCUT2D eigenvalue weighted by Gasteiger charge is 2.10. The van der Waals surface area contributed by atoms with Gasteiger partial charge in [0.25, 0.3) is 0 Å². The molecule has 1 aromatic heterocycles. The van der Waals surface area contributed by atoms with Crippen LogP contribution >= 0.6 is 0 Å². The number of carboxylic acid groups (broad SMARTS) is 1. The number of nitrogens with zero attached hydrogens (tertiary/aromatic N) is 1. The van der Waals surface area contributed by atoms with Gasteiger partial charge in [-0.25, -0.2) is 14.2 Å². The second-order valence-electron chi connectivity index (χ2n) is 1.79. The molecular weight excluding hydrogens is 156 g/mol. The van der Waals surface area contributed by atoms with E-state index in [1.807, 2.05) is 0 Å². The number of carboxylic acids is 1. The fourth-order valence-electron chi connectivity index (χ4n) is 0.565. The lowest BCUT2D eigenvalue weighted by molar-refractivity contribution is 0.0691. The van der Waals surface area contributed by atoms with Gasteiger partial charge < -0.3 is 5.11 Å². The van der Waals surface area contributed by atoms with Gasteiger partial charge in [0.2, 0.25) is 5.95 Å². The standard InChI is InChI=1S/C6H3F2NO2/c7-4-1-5(8)9-2-3(4)6(10)11/h1-2H,(H,10,11). The SMILES string of the molecule is O=C(O)c1cnc(F)cc1F. The molecule has 0 aliphatic rings. The maximum absolute atomic E-state index is 12.4. The molecule has 0 atom stereocenters. The van der Waals surface area contributed by atoms with Gasteiger partial charge in [0.1, 0.15) is 11.4 Å². The molecule has 0 radical (unpaired) electrons. The maximum atomic E-state index is 12.4. The number of aromatic nitrogens is 1. The number of aromatic carboxylic acids is 1. The molecule has 0 aliphatic heterocycles. The average molecular weight is 159 g/mol. The summed E-state index contributed by atoms with van der Waals surface area (Å²) >= 11 is 0. The van der Waals surface area contributed by atoms with E-state index in [1.165, 1.54) is 0 Å². The lowest BCUT2D eigenvalue weighted by atomic mass is 10.3. The summed E-state index contributed by atoms with van der Waals surface area (Å²) in [6.07, 6.45) is 0.632. The topological polar surface area (TPSA) is 50.2 Å². The molecule has 0 aliphatic carbocycles. The minimum absolute atomic E-state index is 0.420. The van der Waals surface area contributed by atoms with Crippen molar-refractivity contribution in [3.63, 3.8) is 0 Å². The largest absolute Gasteiger partial charge is 0.478 e. The molecule has 58 valence electrons. The van der Waals surface area contributed by atoms with Crippen molar-refractivity contribution in [2.75, 3.05) is 0 Å². The minimum atomic E-state index is -1.46. The number of halogens is 2. The first kappa shape index (κ1) is 7.59. The van der Waals surface area contributed by atoms with Gasteiger partial charge in [0.05, 0.1) is 0 Å². The third kappa shape index (κ3) is 1.49. The second kappa shape index (κ2) is 2.61. The number of carbonyl (C=O) groups is 1. The summed E-state index contributed by atoms with van der Waals surface area (Å²) in [7, 11) is 0. The van der Waals surface area contributed by atoms with Crippen molar-refractivity contribution in [3.8, 4) is 0 Å². The smallest absolute Gasteiger partial charge is 0.340 e. The Labute approximate surface area is 60.3 Å². The molecule has 0 saturated carbocycles. The van der Waals surface area contributed by atoms with E-state index in [0.29, 0.717) is 12.3 Å². The number of hydrogen-bond acceptors (Lipinski definition) is 2. The fraction of sp³-hybridized carbons (Fsp3) is 0. The Morgan fingerprint density at radius 1 is 1.55 bits per heavy atom. The van der Waals surface area contributed by atoms with Gasteiger partial charge >= 0.3 is 5.97 Å². The summed E-state index contributed by atoms with van der Waals surface area (Å²) in [4.78, 5) is 13.1. The van der Waals surface area contributed by atoms with E-state index in [-0.39, 0.29) is 0 Å². The Bertz CT molecular complexity index is 301. The predicted octanol–water partition coefficient (Wildman–Crippen LogP) is 1.06. The highest BCUT2D eigenvalue weighted by molar-refractivity contribution is 5.87. The van der Waals surface area contributed by atoms with E-state index in [9.17, 15) is 13.6 Å². The molecule has 1 rings (SSSR count). The highest BCUT2D eigenvalue weighted by Crippen LogP contribution is 2.05. The van der Waals surface area contributed by atoms with E-state index >= 15 is 0 Å². The summed E-state index contributed by atoms with van der Waals surface area (Å²) in [6, 6.07) is 0.420. The van der Waals surface area contributed by atoms with Crippen LogP contribution in [0.2, 0.25) is 0 Å². The molecule has 0 unspecified atom stereocenters. The van der Waals surface area contributed by atoms with Crippen LogP contribution in [0.5, 0.6) is 0 Å². The molecule has 0 fully saturated rings. The van der Waals surface area contributed by atoms with E-state index < -0.39 is 23.3 Å². The molecular formula is C6H3F2NO2. The van der Waals surface area contributed by atoms with Crippen LogP contribution in [-0.4, -0.2) is 16.1 Å². The van der Waals surface area contributed by atoms with Crippen molar-refractivity contribution in [3.05, 3.63) is 29.6 Å². The molecule has 11 heavy (non-hydrogen) atoms. The Morgan fingerprint density at radius 2 is 2.18 bits per heavy atom. The zero-order valence-corrected chi connectivity index (χ0v) is 5.21. The number of pyridine rings is 1. The van der Waals surface area contributed by atoms with Gasteiger partial charge in [-0.2, -0.15) is 4.39 Å². The first-order chi connectivity index (χ1) is 5.11. The van der Waals surface area contributed by atoms with Crippen LogP contribution in [0.1, 0.15) is 10.4 Å². The zero-order valence-electron chi connectivity index (χ0n) is 5.21. The Balaban J connectivity index is 3.20. The predicted molar refractivity (Wildman–Crippen MR) is 31.1 cm³/mol. The molecule has 0 saturated heterocycles. The highest BCUT2D eigenvalue weighted by atomic mass is 19.1. The summed E-state index contributed by atoms with van der Waals surface area (Å²) < 4.78 is 24.5. The first-order valence-electron chi connectivity index (χ1n) is 2.65. The monoisotopic (exact) mass is 159 g/mol. The maximum Gasteiger partial charge on any atom is 0.340 e. The summed E-state index contributed by atoms with van der Waals surface area (Å²) in [5.74, 6) is -3.62. The van der Waals surface area contributed by atoms with E-state index in [0.717, 1.165) is 0 Å². The molecule has 0 amide bonds. The molecule has 5 heteroatoms. The summed E-state index contributed by atoms with van der Waals surface area (Å²) in [6.45, 7) is 0. The third-order valence-electron chi connectivity index (χ3n) is 1.05. The van der Waals surface area contributed by atoms with Gasteiger partial charge in [-0.3, -0.25) is 0 Å². The molecule has 1 aromatic rings. The zero-order chi connectivity index (χ0) is 8.43. The Kier molecular flexibility index (Phi) is 1.80. The van der Waals surface area contributed by atoms with Crippen LogP contribution < -0.4 is 0 Å². The van der Waals surface area contributed by atoms with Crippen molar-refractivity contribution in [1.82, 2.24) is 4.98 Å².